The fraction of sp³-hybridized carbons (Fsp3) is 0.857. The number of hydrogen-bond acceptors (Lipinski definition) is 4. The molecule has 1 rings (SSSR count). The third kappa shape index (κ3) is 1.36. The number of hydrogen-bond donors (Lipinski definition) is 2. The zero-order valence-corrected chi connectivity index (χ0v) is 6.52. The topological polar surface area (TPSA) is 66.8 Å². The van der Waals surface area contributed by atoms with Crippen molar-refractivity contribution >= 4 is 5.97 Å². The van der Waals surface area contributed by atoms with Crippen molar-refractivity contribution in [2.24, 2.45) is 5.92 Å². The Morgan fingerprint density at radius 2 is 2.18 bits per heavy atom. The minimum Gasteiger partial charge on any atom is -0.460 e. The Hall–Kier alpha value is -0.610. The number of cyclic esters (lactones) is 1. The summed E-state index contributed by atoms with van der Waals surface area (Å²) in [4.78, 5) is 10.9. The van der Waals surface area contributed by atoms with Gasteiger partial charge in [0, 0.05) is 0 Å². The first-order chi connectivity index (χ1) is 5.04. The van der Waals surface area contributed by atoms with Crippen LogP contribution < -0.4 is 0 Å². The van der Waals surface area contributed by atoms with E-state index >= 15 is 0 Å². The van der Waals surface area contributed by atoms with Crippen LogP contribution in [0.3, 0.4) is 0 Å². The third-order valence-electron chi connectivity index (χ3n) is 1.94. The van der Waals surface area contributed by atoms with Crippen molar-refractivity contribution in [1.29, 1.82) is 0 Å². The summed E-state index contributed by atoms with van der Waals surface area (Å²) in [7, 11) is 0. The Morgan fingerprint density at radius 1 is 1.64 bits per heavy atom. The molecule has 1 aliphatic rings. The average Bonchev–Trinajstić information content (AvgIpc) is 2.07. The molecule has 4 nitrogen and oxygen atoms in total. The third-order valence-corrected chi connectivity index (χ3v) is 1.94. The van der Waals surface area contributed by atoms with Gasteiger partial charge in [0.25, 0.3) is 0 Å². The van der Waals surface area contributed by atoms with E-state index in [9.17, 15) is 9.90 Å². The van der Waals surface area contributed by atoms with E-state index in [-0.39, 0.29) is 0 Å². The van der Waals surface area contributed by atoms with Crippen molar-refractivity contribution in [2.75, 3.05) is 0 Å². The molecule has 0 aromatic carbocycles. The highest BCUT2D eigenvalue weighted by molar-refractivity contribution is 5.76. The normalized spacial score (nSPS) is 40.4. The maximum atomic E-state index is 10.9. The maximum absolute atomic E-state index is 10.9. The van der Waals surface area contributed by atoms with Gasteiger partial charge in [-0.05, 0) is 13.8 Å². The van der Waals surface area contributed by atoms with Gasteiger partial charge in [0.05, 0.1) is 6.10 Å². The Labute approximate surface area is 64.8 Å². The molecule has 0 aliphatic carbocycles. The number of carbonyl (C=O) groups excluding carboxylic acids is 1. The smallest absolute Gasteiger partial charge is 0.314 e. The number of ether oxygens (including phenoxy) is 1. The highest BCUT2D eigenvalue weighted by atomic mass is 16.6. The molecule has 1 fully saturated rings. The van der Waals surface area contributed by atoms with Crippen LogP contribution in [0, 0.1) is 5.92 Å². The first kappa shape index (κ1) is 8.49. The van der Waals surface area contributed by atoms with Crippen molar-refractivity contribution in [1.82, 2.24) is 0 Å². The van der Waals surface area contributed by atoms with Crippen molar-refractivity contribution in [3.63, 3.8) is 0 Å². The SMILES string of the molecule is CC(O)C1C(=O)O[C@@H](C)C1O. The van der Waals surface area contributed by atoms with E-state index in [4.69, 9.17) is 9.84 Å². The number of aliphatic hydroxyl groups excluding tert-OH is 2. The van der Waals surface area contributed by atoms with Crippen LogP contribution in [0.15, 0.2) is 0 Å². The summed E-state index contributed by atoms with van der Waals surface area (Å²) in [6, 6.07) is 0. The molecule has 3 unspecified atom stereocenters. The van der Waals surface area contributed by atoms with Gasteiger partial charge in [0.1, 0.15) is 18.1 Å². The van der Waals surface area contributed by atoms with E-state index in [1.165, 1.54) is 6.92 Å². The quantitative estimate of drug-likeness (QED) is 0.497. The van der Waals surface area contributed by atoms with Gasteiger partial charge in [0.2, 0.25) is 0 Å². The van der Waals surface area contributed by atoms with Crippen molar-refractivity contribution in [3.8, 4) is 0 Å². The number of aliphatic hydroxyl groups is 2. The van der Waals surface area contributed by atoms with Crippen LogP contribution >= 0.6 is 0 Å². The Morgan fingerprint density at radius 3 is 2.36 bits per heavy atom. The van der Waals surface area contributed by atoms with E-state index in [2.05, 4.69) is 0 Å². The van der Waals surface area contributed by atoms with Gasteiger partial charge in [-0.25, -0.2) is 0 Å². The second-order valence-electron chi connectivity index (χ2n) is 2.90. The van der Waals surface area contributed by atoms with Gasteiger partial charge in [-0.15, -0.1) is 0 Å². The van der Waals surface area contributed by atoms with E-state index in [0.717, 1.165) is 0 Å². The van der Waals surface area contributed by atoms with Gasteiger partial charge in [-0.2, -0.15) is 0 Å². The van der Waals surface area contributed by atoms with E-state index in [0.29, 0.717) is 0 Å². The number of rotatable bonds is 1. The first-order valence-corrected chi connectivity index (χ1v) is 3.60. The molecule has 4 atom stereocenters. The molecule has 1 saturated heterocycles. The molecular formula is C7H12O4. The van der Waals surface area contributed by atoms with Crippen molar-refractivity contribution in [3.05, 3.63) is 0 Å². The largest absolute Gasteiger partial charge is 0.460 e. The van der Waals surface area contributed by atoms with Crippen LogP contribution in [-0.2, 0) is 9.53 Å². The van der Waals surface area contributed by atoms with Gasteiger partial charge in [-0.3, -0.25) is 4.79 Å². The zero-order chi connectivity index (χ0) is 8.59. The summed E-state index contributed by atoms with van der Waals surface area (Å²) < 4.78 is 4.70. The molecular weight excluding hydrogens is 148 g/mol. The highest BCUT2D eigenvalue weighted by Crippen LogP contribution is 2.24. The predicted octanol–water partition coefficient (Wildman–Crippen LogP) is -0.710. The summed E-state index contributed by atoms with van der Waals surface area (Å²) in [5.41, 5.74) is 0. The molecule has 64 valence electrons. The lowest BCUT2D eigenvalue weighted by molar-refractivity contribution is -0.146. The summed E-state index contributed by atoms with van der Waals surface area (Å²) in [6.07, 6.45) is -2.22. The summed E-state index contributed by atoms with van der Waals surface area (Å²) in [6.45, 7) is 3.07. The highest BCUT2D eigenvalue weighted by Gasteiger charge is 2.43. The molecule has 0 bridgehead atoms. The van der Waals surface area contributed by atoms with Crippen LogP contribution in [0.25, 0.3) is 0 Å². The van der Waals surface area contributed by atoms with Gasteiger partial charge in [0.15, 0.2) is 0 Å². The lowest BCUT2D eigenvalue weighted by Gasteiger charge is -2.13. The molecule has 1 heterocycles. The first-order valence-electron chi connectivity index (χ1n) is 3.60. The molecule has 11 heavy (non-hydrogen) atoms. The Balaban J connectivity index is 2.71. The monoisotopic (exact) mass is 160 g/mol. The van der Waals surface area contributed by atoms with E-state index in [1.807, 2.05) is 0 Å². The summed E-state index contributed by atoms with van der Waals surface area (Å²) >= 11 is 0. The second kappa shape index (κ2) is 2.79. The lowest BCUT2D eigenvalue weighted by Crippen LogP contribution is -2.32. The molecule has 0 spiro atoms. The van der Waals surface area contributed by atoms with E-state index in [1.54, 1.807) is 6.92 Å². The molecule has 0 radical (unpaired) electrons. The van der Waals surface area contributed by atoms with Crippen LogP contribution in [-0.4, -0.2) is 34.5 Å². The molecule has 0 aromatic rings. The summed E-state index contributed by atoms with van der Waals surface area (Å²) in [5.74, 6) is -1.29. The predicted molar refractivity (Wildman–Crippen MR) is 36.7 cm³/mol. The van der Waals surface area contributed by atoms with Crippen molar-refractivity contribution < 1.29 is 19.7 Å². The Kier molecular flexibility index (Phi) is 2.15. The molecule has 2 N–H and O–H groups in total. The van der Waals surface area contributed by atoms with Gasteiger partial charge >= 0.3 is 5.97 Å². The minimum absolute atomic E-state index is 0.498. The second-order valence-corrected chi connectivity index (χ2v) is 2.90. The van der Waals surface area contributed by atoms with Crippen LogP contribution in [0.5, 0.6) is 0 Å². The molecule has 4 heteroatoms. The van der Waals surface area contributed by atoms with Gasteiger partial charge < -0.3 is 14.9 Å². The molecule has 0 amide bonds. The zero-order valence-electron chi connectivity index (χ0n) is 6.52. The number of carbonyl (C=O) groups is 1. The van der Waals surface area contributed by atoms with Crippen LogP contribution in [0.2, 0.25) is 0 Å². The number of esters is 1. The van der Waals surface area contributed by atoms with Crippen LogP contribution in [0.1, 0.15) is 13.8 Å². The lowest BCUT2D eigenvalue weighted by atomic mass is 9.97. The Bertz CT molecular complexity index is 166. The van der Waals surface area contributed by atoms with Crippen LogP contribution in [0.4, 0.5) is 0 Å². The summed E-state index contributed by atoms with van der Waals surface area (Å²) in [5, 5.41) is 18.3. The maximum Gasteiger partial charge on any atom is 0.314 e. The average molecular weight is 160 g/mol. The fourth-order valence-corrected chi connectivity index (χ4v) is 1.25. The van der Waals surface area contributed by atoms with Crippen molar-refractivity contribution in [2.45, 2.75) is 32.2 Å². The molecule has 0 aromatic heterocycles. The molecule has 1 aliphatic heterocycles. The van der Waals surface area contributed by atoms with E-state index < -0.39 is 30.2 Å². The van der Waals surface area contributed by atoms with Gasteiger partial charge in [-0.1, -0.05) is 0 Å². The standard InChI is InChI=1S/C7H12O4/c1-3(8)5-6(9)4(2)11-7(5)10/h3-6,8-9H,1-2H3/t3?,4-,5?,6?/m0/s1. The molecule has 0 saturated carbocycles. The minimum atomic E-state index is -0.873. The fourth-order valence-electron chi connectivity index (χ4n) is 1.25.